The molecule has 0 spiro atoms. The maximum absolute atomic E-state index is 11.7. The van der Waals surface area contributed by atoms with Crippen LogP contribution in [0.2, 0.25) is 0 Å². The van der Waals surface area contributed by atoms with Crippen LogP contribution in [0.15, 0.2) is 72.8 Å². The molecule has 0 bridgehead atoms. The number of benzene rings is 2. The Balaban J connectivity index is 1.80. The van der Waals surface area contributed by atoms with Crippen molar-refractivity contribution in [3.05, 3.63) is 84.0 Å². The Kier molecular flexibility index (Phi) is 3.68. The lowest BCUT2D eigenvalue weighted by Gasteiger charge is -2.31. The van der Waals surface area contributed by atoms with Gasteiger partial charge in [0, 0.05) is 18.1 Å². The predicted octanol–water partition coefficient (Wildman–Crippen LogP) is 2.74. The van der Waals surface area contributed by atoms with Crippen molar-refractivity contribution in [2.45, 2.75) is 5.60 Å². The number of aliphatic hydroxyl groups excluding tert-OH is 1. The van der Waals surface area contributed by atoms with Crippen LogP contribution < -0.4 is 0 Å². The number of rotatable bonds is 3. The molecule has 2 aromatic carbocycles. The first-order valence-corrected chi connectivity index (χ1v) is 8.14. The topological polar surface area (TPSA) is 51.8 Å². The van der Waals surface area contributed by atoms with E-state index in [0.29, 0.717) is 5.78 Å². The molecule has 0 aliphatic heterocycles. The van der Waals surface area contributed by atoms with Gasteiger partial charge in [0.15, 0.2) is 0 Å². The highest BCUT2D eigenvalue weighted by Crippen LogP contribution is 2.51. The Morgan fingerprint density at radius 2 is 1.42 bits per heavy atom. The minimum absolute atomic E-state index is 0.0146. The number of hydrogen-bond acceptors (Lipinski definition) is 2. The number of carbonyl (C=O) groups excluding carboxylic acids is 1. The minimum atomic E-state index is -1.08. The molecule has 24 heavy (non-hydrogen) atoms. The largest absolute Gasteiger partial charge is 0.387 e. The second-order valence-corrected chi connectivity index (χ2v) is 6.08. The first-order valence-electron chi connectivity index (χ1n) is 8.14. The van der Waals surface area contributed by atoms with Crippen molar-refractivity contribution in [1.29, 1.82) is 0 Å². The van der Waals surface area contributed by atoms with E-state index < -0.39 is 5.60 Å². The van der Waals surface area contributed by atoms with Gasteiger partial charge in [-0.1, -0.05) is 60.7 Å². The number of aliphatic hydroxyl groups is 2. The summed E-state index contributed by atoms with van der Waals surface area (Å²) in [6, 6.07) is 16.1. The summed E-state index contributed by atoms with van der Waals surface area (Å²) in [5.41, 5.74) is 2.96. The van der Waals surface area contributed by atoms with Crippen LogP contribution in [0.25, 0.3) is 11.1 Å². The summed E-state index contributed by atoms with van der Waals surface area (Å²) in [6.07, 6.45) is 7.65. The van der Waals surface area contributed by atoms with Crippen molar-refractivity contribution in [1.82, 2.24) is 0 Å². The van der Waals surface area contributed by atoms with Crippen molar-refractivity contribution in [2.75, 3.05) is 13.2 Å². The third-order valence-corrected chi connectivity index (χ3v) is 4.74. The molecule has 0 radical (unpaired) electrons. The molecule has 2 N–H and O–H groups in total. The van der Waals surface area contributed by atoms with Gasteiger partial charge in [0.05, 0.1) is 0 Å². The van der Waals surface area contributed by atoms with Crippen molar-refractivity contribution < 1.29 is 14.6 Å². The average molecular weight is 319 g/mol. The number of fused-ring (bicyclic) bond motifs is 3. The molecule has 3 nitrogen and oxygen atoms in total. The van der Waals surface area contributed by atoms with Crippen LogP contribution in [0.4, 0.5) is 0 Å². The van der Waals surface area contributed by atoms with Crippen molar-refractivity contribution in [2.24, 2.45) is 5.92 Å². The Labute approximate surface area is 140 Å². The fraction of sp³-hybridized carbons (Fsp3) is 0.190. The highest BCUT2D eigenvalue weighted by atomic mass is 16.4. The van der Waals surface area contributed by atoms with Crippen LogP contribution in [-0.4, -0.2) is 29.2 Å². The highest BCUT2D eigenvalue weighted by Gasteiger charge is 2.46. The molecule has 2 aromatic rings. The van der Waals surface area contributed by atoms with E-state index in [4.69, 9.17) is 9.53 Å². The second kappa shape index (κ2) is 5.86. The van der Waals surface area contributed by atoms with Crippen LogP contribution in [0.1, 0.15) is 11.1 Å². The van der Waals surface area contributed by atoms with E-state index in [1.54, 1.807) is 0 Å². The third kappa shape index (κ3) is 2.17. The zero-order valence-electron chi connectivity index (χ0n) is 13.2. The van der Waals surface area contributed by atoms with Gasteiger partial charge in [-0.3, -0.25) is 4.42 Å². The fourth-order valence-corrected chi connectivity index (χ4v) is 3.66. The second-order valence-electron chi connectivity index (χ2n) is 6.08. The lowest BCUT2D eigenvalue weighted by atomic mass is 9.77. The number of hydrogen-bond donors (Lipinski definition) is 2. The summed E-state index contributed by atoms with van der Waals surface area (Å²) >= 11 is 0. The Morgan fingerprint density at radius 3 is 1.96 bits per heavy atom. The summed E-state index contributed by atoms with van der Waals surface area (Å²) in [6.45, 7) is 0.254. The molecular weight excluding hydrogens is 300 g/mol. The van der Waals surface area contributed by atoms with E-state index in [1.807, 2.05) is 60.7 Å². The molecule has 0 aromatic heterocycles. The van der Waals surface area contributed by atoms with Gasteiger partial charge in [-0.15, -0.1) is 0 Å². The molecular formula is C21H19O3+. The maximum atomic E-state index is 11.7. The van der Waals surface area contributed by atoms with Gasteiger partial charge in [-0.25, -0.2) is 0 Å². The summed E-state index contributed by atoms with van der Waals surface area (Å²) in [7, 11) is 0. The zero-order chi connectivity index (χ0) is 16.6. The molecule has 2 aliphatic rings. The van der Waals surface area contributed by atoms with Crippen molar-refractivity contribution in [3.63, 3.8) is 0 Å². The summed E-state index contributed by atoms with van der Waals surface area (Å²) in [4.78, 5) is 0. The third-order valence-electron chi connectivity index (χ3n) is 4.74. The van der Waals surface area contributed by atoms with Gasteiger partial charge < -0.3 is 10.2 Å². The molecule has 120 valence electrons. The molecule has 0 saturated heterocycles. The minimum Gasteiger partial charge on any atom is -0.387 e. The summed E-state index contributed by atoms with van der Waals surface area (Å²) < 4.78 is 5.43. The molecule has 4 rings (SSSR count). The van der Waals surface area contributed by atoms with Crippen LogP contribution in [0, 0.1) is 5.92 Å². The number of ketones is 1. The van der Waals surface area contributed by atoms with Gasteiger partial charge in [-0.2, -0.15) is 0 Å². The van der Waals surface area contributed by atoms with E-state index in [-0.39, 0.29) is 19.1 Å². The lowest BCUT2D eigenvalue weighted by Crippen LogP contribution is -2.33. The van der Waals surface area contributed by atoms with Crippen LogP contribution in [0.5, 0.6) is 0 Å². The van der Waals surface area contributed by atoms with Crippen molar-refractivity contribution in [3.8, 4) is 11.1 Å². The van der Waals surface area contributed by atoms with Crippen LogP contribution in [0.3, 0.4) is 0 Å². The van der Waals surface area contributed by atoms with Gasteiger partial charge in [0.25, 0.3) is 6.61 Å². The smallest absolute Gasteiger partial charge is 0.343 e. The molecule has 0 atom stereocenters. The van der Waals surface area contributed by atoms with Crippen LogP contribution >= 0.6 is 0 Å². The molecule has 3 heteroatoms. The van der Waals surface area contributed by atoms with E-state index in [0.717, 1.165) is 22.3 Å². The Hall–Kier alpha value is -2.49. The summed E-state index contributed by atoms with van der Waals surface area (Å²) in [5, 5.41) is 20.5. The summed E-state index contributed by atoms with van der Waals surface area (Å²) in [5.74, 6) is 0.521. The van der Waals surface area contributed by atoms with Crippen LogP contribution in [-0.2, 0) is 10.0 Å². The van der Waals surface area contributed by atoms with E-state index in [1.165, 1.54) is 0 Å². The standard InChI is InChI=1S/C21H19O3/c22-13-14-24-16-11-9-15(10-12-16)21(23)19-7-3-1-5-17(19)18-6-2-4-8-20(18)21/h1-12,15,22-23H,13-14H2/q+1. The zero-order valence-corrected chi connectivity index (χ0v) is 13.2. The molecule has 2 aliphatic carbocycles. The van der Waals surface area contributed by atoms with E-state index in [9.17, 15) is 5.11 Å². The maximum Gasteiger partial charge on any atom is 0.343 e. The van der Waals surface area contributed by atoms with Gasteiger partial charge in [0.2, 0.25) is 0 Å². The molecule has 0 fully saturated rings. The fourth-order valence-electron chi connectivity index (χ4n) is 3.66. The number of allylic oxidation sites excluding steroid dienone is 2. The van der Waals surface area contributed by atoms with E-state index in [2.05, 4.69) is 12.1 Å². The van der Waals surface area contributed by atoms with Gasteiger partial charge >= 0.3 is 5.78 Å². The molecule has 0 unspecified atom stereocenters. The molecule has 0 heterocycles. The first kappa shape index (κ1) is 15.1. The monoisotopic (exact) mass is 319 g/mol. The average Bonchev–Trinajstić information content (AvgIpc) is 2.91. The van der Waals surface area contributed by atoms with Crippen molar-refractivity contribution >= 4 is 5.78 Å². The highest BCUT2D eigenvalue weighted by molar-refractivity contribution is 6.00. The first-order chi connectivity index (χ1) is 11.7. The van der Waals surface area contributed by atoms with Gasteiger partial charge in [-0.05, 0) is 22.3 Å². The lowest BCUT2D eigenvalue weighted by molar-refractivity contribution is -0.458. The van der Waals surface area contributed by atoms with Gasteiger partial charge in [0.1, 0.15) is 12.2 Å². The Bertz CT molecular complexity index is 799. The Morgan fingerprint density at radius 1 is 0.875 bits per heavy atom. The predicted molar refractivity (Wildman–Crippen MR) is 93.6 cm³/mol. The van der Waals surface area contributed by atoms with E-state index >= 15 is 0 Å². The SMILES string of the molecule is OCC[O+]=C1C=CC(C2(O)c3ccccc3-c3ccccc32)C=C1. The quantitative estimate of drug-likeness (QED) is 0.855. The molecule has 0 saturated carbocycles. The normalized spacial score (nSPS) is 19.9. The molecule has 0 amide bonds.